The molecule has 1 amide bonds. The van der Waals surface area contributed by atoms with E-state index in [-0.39, 0.29) is 11.8 Å². The molecule has 0 bridgehead atoms. The quantitative estimate of drug-likeness (QED) is 0.900. The summed E-state index contributed by atoms with van der Waals surface area (Å²) in [6.45, 7) is 6.52. The lowest BCUT2D eigenvalue weighted by atomic mass is 9.99. The van der Waals surface area contributed by atoms with Crippen LogP contribution in [0.2, 0.25) is 0 Å². The van der Waals surface area contributed by atoms with Crippen LogP contribution in [-0.2, 0) is 4.79 Å². The predicted octanol–water partition coefficient (Wildman–Crippen LogP) is 1.62. The van der Waals surface area contributed by atoms with Crippen molar-refractivity contribution in [1.29, 1.82) is 0 Å². The number of hydrogen-bond donors (Lipinski definition) is 1. The molecule has 1 fully saturated rings. The largest absolute Gasteiger partial charge is 0.497 e. The fraction of sp³-hybridized carbons (Fsp3) is 0.533. The molecule has 4 nitrogen and oxygen atoms in total. The monoisotopic (exact) mass is 262 g/mol. The summed E-state index contributed by atoms with van der Waals surface area (Å²) in [5.41, 5.74) is 1.01. The topological polar surface area (TPSA) is 41.6 Å². The number of carbonyl (C=O) groups excluding carboxylic acids is 1. The smallest absolute Gasteiger partial charge is 0.229 e. The summed E-state index contributed by atoms with van der Waals surface area (Å²) in [6, 6.07) is 8.12. The lowest BCUT2D eigenvalue weighted by Gasteiger charge is -2.33. The van der Waals surface area contributed by atoms with Crippen LogP contribution in [0.1, 0.15) is 25.3 Å². The van der Waals surface area contributed by atoms with Crippen LogP contribution >= 0.6 is 0 Å². The number of ether oxygens (including phenoxy) is 1. The van der Waals surface area contributed by atoms with Gasteiger partial charge in [0.1, 0.15) is 5.75 Å². The fourth-order valence-corrected chi connectivity index (χ4v) is 2.46. The highest BCUT2D eigenvalue weighted by Gasteiger charge is 2.25. The van der Waals surface area contributed by atoms with Crippen LogP contribution in [0.5, 0.6) is 5.75 Å². The summed E-state index contributed by atoms with van der Waals surface area (Å²) >= 11 is 0. The molecule has 2 rings (SSSR count). The van der Waals surface area contributed by atoms with Gasteiger partial charge in [-0.1, -0.05) is 12.1 Å². The van der Waals surface area contributed by atoms with E-state index in [0.717, 1.165) is 30.9 Å². The molecule has 1 N–H and O–H groups in total. The Morgan fingerprint density at radius 1 is 1.53 bits per heavy atom. The number of rotatable bonds is 3. The molecule has 104 valence electrons. The summed E-state index contributed by atoms with van der Waals surface area (Å²) in [5, 5.41) is 3.35. The van der Waals surface area contributed by atoms with Gasteiger partial charge < -0.3 is 15.0 Å². The molecule has 0 aromatic heterocycles. The lowest BCUT2D eigenvalue weighted by Crippen LogP contribution is -2.52. The summed E-state index contributed by atoms with van der Waals surface area (Å²) < 4.78 is 5.21. The van der Waals surface area contributed by atoms with Gasteiger partial charge in [0.15, 0.2) is 0 Å². The zero-order valence-electron chi connectivity index (χ0n) is 11.8. The van der Waals surface area contributed by atoms with Crippen molar-refractivity contribution in [3.05, 3.63) is 29.8 Å². The van der Waals surface area contributed by atoms with Gasteiger partial charge in [0.2, 0.25) is 5.91 Å². The first kappa shape index (κ1) is 13.9. The van der Waals surface area contributed by atoms with Crippen molar-refractivity contribution >= 4 is 5.91 Å². The van der Waals surface area contributed by atoms with Crippen LogP contribution in [0.3, 0.4) is 0 Å². The summed E-state index contributed by atoms with van der Waals surface area (Å²) in [7, 11) is 1.64. The normalized spacial score (nSPS) is 21.0. The second kappa shape index (κ2) is 6.06. The van der Waals surface area contributed by atoms with Crippen molar-refractivity contribution < 1.29 is 9.53 Å². The fourth-order valence-electron chi connectivity index (χ4n) is 2.46. The molecule has 0 saturated carbocycles. The van der Waals surface area contributed by atoms with Crippen LogP contribution in [0, 0.1) is 0 Å². The standard InChI is InChI=1S/C15H22N2O2/c1-11-10-17(8-7-16-11)15(18)12(2)13-5-4-6-14(9-13)19-3/h4-6,9,11-12,16H,7-8,10H2,1-3H3. The van der Waals surface area contributed by atoms with Gasteiger partial charge in [-0.05, 0) is 31.5 Å². The maximum absolute atomic E-state index is 12.5. The maximum Gasteiger partial charge on any atom is 0.229 e. The minimum Gasteiger partial charge on any atom is -0.497 e. The van der Waals surface area contributed by atoms with Crippen LogP contribution in [0.25, 0.3) is 0 Å². The Bertz CT molecular complexity index is 448. The zero-order chi connectivity index (χ0) is 13.8. The number of piperazine rings is 1. The third-order valence-electron chi connectivity index (χ3n) is 3.64. The molecule has 19 heavy (non-hydrogen) atoms. The third kappa shape index (κ3) is 3.26. The van der Waals surface area contributed by atoms with Crippen molar-refractivity contribution in [2.45, 2.75) is 25.8 Å². The van der Waals surface area contributed by atoms with Crippen molar-refractivity contribution in [3.8, 4) is 5.75 Å². The van der Waals surface area contributed by atoms with Gasteiger partial charge in [-0.3, -0.25) is 4.79 Å². The molecule has 1 aromatic rings. The van der Waals surface area contributed by atoms with E-state index in [0.29, 0.717) is 6.04 Å². The number of nitrogens with zero attached hydrogens (tertiary/aromatic N) is 1. The third-order valence-corrected chi connectivity index (χ3v) is 3.64. The van der Waals surface area contributed by atoms with E-state index in [1.165, 1.54) is 0 Å². The van der Waals surface area contributed by atoms with E-state index < -0.39 is 0 Å². The lowest BCUT2D eigenvalue weighted by molar-refractivity contribution is -0.133. The van der Waals surface area contributed by atoms with E-state index in [1.807, 2.05) is 36.1 Å². The molecular weight excluding hydrogens is 240 g/mol. The maximum atomic E-state index is 12.5. The van der Waals surface area contributed by atoms with E-state index >= 15 is 0 Å². The van der Waals surface area contributed by atoms with Gasteiger partial charge in [0.05, 0.1) is 13.0 Å². The molecule has 1 aromatic carbocycles. The number of benzene rings is 1. The molecule has 0 aliphatic carbocycles. The first-order valence-electron chi connectivity index (χ1n) is 6.78. The molecule has 1 aliphatic heterocycles. The highest BCUT2D eigenvalue weighted by atomic mass is 16.5. The van der Waals surface area contributed by atoms with E-state index in [1.54, 1.807) is 7.11 Å². The van der Waals surface area contributed by atoms with Crippen molar-refractivity contribution in [2.75, 3.05) is 26.7 Å². The van der Waals surface area contributed by atoms with Gasteiger partial charge in [0, 0.05) is 25.7 Å². The van der Waals surface area contributed by atoms with E-state index in [4.69, 9.17) is 4.74 Å². The zero-order valence-corrected chi connectivity index (χ0v) is 11.8. The van der Waals surface area contributed by atoms with E-state index in [2.05, 4.69) is 12.2 Å². The molecule has 2 atom stereocenters. The van der Waals surface area contributed by atoms with Crippen LogP contribution in [-0.4, -0.2) is 43.6 Å². The number of nitrogens with one attached hydrogen (secondary N) is 1. The molecule has 1 saturated heterocycles. The van der Waals surface area contributed by atoms with Gasteiger partial charge in [0.25, 0.3) is 0 Å². The Morgan fingerprint density at radius 2 is 2.32 bits per heavy atom. The average Bonchev–Trinajstić information content (AvgIpc) is 2.45. The molecular formula is C15H22N2O2. The number of methoxy groups -OCH3 is 1. The van der Waals surface area contributed by atoms with Gasteiger partial charge in [-0.2, -0.15) is 0 Å². The average molecular weight is 262 g/mol. The minimum absolute atomic E-state index is 0.125. The first-order valence-corrected chi connectivity index (χ1v) is 6.78. The highest BCUT2D eigenvalue weighted by Crippen LogP contribution is 2.22. The van der Waals surface area contributed by atoms with Crippen molar-refractivity contribution in [1.82, 2.24) is 10.2 Å². The number of amides is 1. The molecule has 0 spiro atoms. The second-order valence-electron chi connectivity index (χ2n) is 5.14. The molecule has 4 heteroatoms. The van der Waals surface area contributed by atoms with Gasteiger partial charge in [-0.25, -0.2) is 0 Å². The second-order valence-corrected chi connectivity index (χ2v) is 5.14. The molecule has 1 heterocycles. The van der Waals surface area contributed by atoms with Gasteiger partial charge in [-0.15, -0.1) is 0 Å². The predicted molar refractivity (Wildman–Crippen MR) is 75.5 cm³/mol. The Hall–Kier alpha value is -1.55. The van der Waals surface area contributed by atoms with Crippen LogP contribution in [0.4, 0.5) is 0 Å². The van der Waals surface area contributed by atoms with E-state index in [9.17, 15) is 4.79 Å². The number of hydrogen-bond acceptors (Lipinski definition) is 3. The Morgan fingerprint density at radius 3 is 3.00 bits per heavy atom. The SMILES string of the molecule is COc1cccc(C(C)C(=O)N2CCNC(C)C2)c1. The Balaban J connectivity index is 2.09. The first-order chi connectivity index (χ1) is 9.11. The Labute approximate surface area is 114 Å². The number of carbonyl (C=O) groups is 1. The minimum atomic E-state index is -0.125. The summed E-state index contributed by atoms with van der Waals surface area (Å²) in [6.07, 6.45) is 0. The summed E-state index contributed by atoms with van der Waals surface area (Å²) in [5.74, 6) is 0.868. The molecule has 1 aliphatic rings. The van der Waals surface area contributed by atoms with Crippen LogP contribution < -0.4 is 10.1 Å². The van der Waals surface area contributed by atoms with Crippen LogP contribution in [0.15, 0.2) is 24.3 Å². The molecule has 0 radical (unpaired) electrons. The van der Waals surface area contributed by atoms with Gasteiger partial charge >= 0.3 is 0 Å². The Kier molecular flexibility index (Phi) is 4.43. The van der Waals surface area contributed by atoms with Crippen molar-refractivity contribution in [3.63, 3.8) is 0 Å². The summed E-state index contributed by atoms with van der Waals surface area (Å²) in [4.78, 5) is 14.5. The molecule has 2 unspecified atom stereocenters. The van der Waals surface area contributed by atoms with Crippen molar-refractivity contribution in [2.24, 2.45) is 0 Å². The highest BCUT2D eigenvalue weighted by molar-refractivity contribution is 5.83.